The molecule has 37 heavy (non-hydrogen) atoms. The summed E-state index contributed by atoms with van der Waals surface area (Å²) in [6.07, 6.45) is 1.63. The number of nitrogens with one attached hydrogen (secondary N) is 1. The second-order valence-electron chi connectivity index (χ2n) is 9.66. The molecule has 0 saturated carbocycles. The van der Waals surface area contributed by atoms with E-state index in [4.69, 9.17) is 4.74 Å². The molecule has 4 rings (SSSR count). The van der Waals surface area contributed by atoms with Crippen LogP contribution < -0.4 is 10.2 Å². The number of thioether (sulfide) groups is 1. The van der Waals surface area contributed by atoms with E-state index in [0.29, 0.717) is 11.0 Å². The summed E-state index contributed by atoms with van der Waals surface area (Å²) in [5.41, 5.74) is 7.78. The molecular weight excluding hydrogens is 482 g/mol. The summed E-state index contributed by atoms with van der Waals surface area (Å²) >= 11 is 1.30. The third-order valence-electron chi connectivity index (χ3n) is 5.79. The molecule has 1 aromatic heterocycles. The number of ether oxygens (including phenoxy) is 1. The molecular formula is C29H31N5O2S. The van der Waals surface area contributed by atoms with Crippen LogP contribution in [0, 0.1) is 6.92 Å². The highest BCUT2D eigenvalue weighted by Crippen LogP contribution is 2.30. The topological polar surface area (TPSA) is 81.4 Å². The first-order valence-corrected chi connectivity index (χ1v) is 13.0. The average Bonchev–Trinajstić information content (AvgIpc) is 3.32. The van der Waals surface area contributed by atoms with Crippen LogP contribution in [0.2, 0.25) is 0 Å². The van der Waals surface area contributed by atoms with E-state index in [2.05, 4.69) is 65.8 Å². The molecule has 1 heterocycles. The minimum absolute atomic E-state index is 0.0541. The molecule has 1 amide bonds. The maximum absolute atomic E-state index is 12.5. The zero-order chi connectivity index (χ0) is 26.4. The maximum atomic E-state index is 12.5. The second kappa shape index (κ2) is 11.4. The Hall–Kier alpha value is -3.91. The Balaban J connectivity index is 1.54. The Morgan fingerprint density at radius 2 is 1.68 bits per heavy atom. The van der Waals surface area contributed by atoms with Crippen LogP contribution in [-0.4, -0.2) is 39.7 Å². The van der Waals surface area contributed by atoms with Crippen LogP contribution in [0.4, 0.5) is 0 Å². The van der Waals surface area contributed by atoms with Gasteiger partial charge < -0.3 is 4.74 Å². The molecule has 0 spiro atoms. The number of carbonyl (C=O) groups is 1. The number of amides is 1. The Morgan fingerprint density at radius 3 is 2.30 bits per heavy atom. The number of nitrogens with zero attached hydrogens (tertiary/aromatic N) is 4. The number of hydrazone groups is 1. The molecule has 0 unspecified atom stereocenters. The fourth-order valence-electron chi connectivity index (χ4n) is 3.63. The van der Waals surface area contributed by atoms with Gasteiger partial charge in [-0.3, -0.25) is 9.36 Å². The highest BCUT2D eigenvalue weighted by Gasteiger charge is 2.19. The van der Waals surface area contributed by atoms with Gasteiger partial charge in [0.25, 0.3) is 5.91 Å². The van der Waals surface area contributed by atoms with Gasteiger partial charge in [0.05, 0.1) is 19.1 Å². The largest absolute Gasteiger partial charge is 0.497 e. The number of hydrogen-bond acceptors (Lipinski definition) is 6. The number of rotatable bonds is 8. The van der Waals surface area contributed by atoms with Gasteiger partial charge in [0.1, 0.15) is 5.75 Å². The van der Waals surface area contributed by atoms with Crippen molar-refractivity contribution >= 4 is 23.9 Å². The molecule has 3 aromatic carbocycles. The Morgan fingerprint density at radius 1 is 1.00 bits per heavy atom. The van der Waals surface area contributed by atoms with Crippen LogP contribution in [-0.2, 0) is 10.2 Å². The van der Waals surface area contributed by atoms with E-state index in [1.165, 1.54) is 22.9 Å². The number of methoxy groups -OCH3 is 1. The zero-order valence-electron chi connectivity index (χ0n) is 21.7. The van der Waals surface area contributed by atoms with Crippen molar-refractivity contribution in [1.29, 1.82) is 0 Å². The van der Waals surface area contributed by atoms with Crippen molar-refractivity contribution in [1.82, 2.24) is 20.2 Å². The zero-order valence-corrected chi connectivity index (χ0v) is 22.5. The lowest BCUT2D eigenvalue weighted by atomic mass is 9.87. The smallest absolute Gasteiger partial charge is 0.250 e. The third-order valence-corrected chi connectivity index (χ3v) is 6.71. The van der Waals surface area contributed by atoms with Crippen molar-refractivity contribution in [3.05, 3.63) is 89.5 Å². The highest BCUT2D eigenvalue weighted by atomic mass is 32.2. The molecule has 0 radical (unpaired) electrons. The molecule has 0 aliphatic rings. The van der Waals surface area contributed by atoms with Crippen molar-refractivity contribution in [2.75, 3.05) is 12.9 Å². The summed E-state index contributed by atoms with van der Waals surface area (Å²) in [5, 5.41) is 13.6. The van der Waals surface area contributed by atoms with E-state index in [-0.39, 0.29) is 17.1 Å². The summed E-state index contributed by atoms with van der Waals surface area (Å²) in [5.74, 6) is 1.37. The first-order chi connectivity index (χ1) is 17.7. The SMILES string of the molecule is COc1ccc(-n2c(SCC(=O)N/N=C\c3ccc(C)cc3)nnc2-c2ccc(C(C)(C)C)cc2)cc1. The van der Waals surface area contributed by atoms with E-state index < -0.39 is 0 Å². The van der Waals surface area contributed by atoms with Crippen molar-refractivity contribution in [3.63, 3.8) is 0 Å². The van der Waals surface area contributed by atoms with Crippen LogP contribution in [0.15, 0.2) is 83.1 Å². The Labute approximate surface area is 222 Å². The standard InChI is InChI=1S/C29H31N5O2S/c1-20-6-8-21(9-7-20)18-30-31-26(35)19-37-28-33-32-27(22-10-12-23(13-11-22)29(2,3)4)34(28)24-14-16-25(36-5)17-15-24/h6-18H,19H2,1-5H3,(H,31,35)/b30-18-. The van der Waals surface area contributed by atoms with Crippen LogP contribution >= 0.6 is 11.8 Å². The van der Waals surface area contributed by atoms with Crippen molar-refractivity contribution in [2.45, 2.75) is 38.3 Å². The van der Waals surface area contributed by atoms with Gasteiger partial charge in [-0.15, -0.1) is 10.2 Å². The first kappa shape index (κ1) is 26.2. The minimum Gasteiger partial charge on any atom is -0.497 e. The van der Waals surface area contributed by atoms with Crippen molar-refractivity contribution < 1.29 is 9.53 Å². The van der Waals surface area contributed by atoms with E-state index in [1.54, 1.807) is 13.3 Å². The van der Waals surface area contributed by atoms with E-state index >= 15 is 0 Å². The summed E-state index contributed by atoms with van der Waals surface area (Å²) < 4.78 is 7.28. The monoisotopic (exact) mass is 513 g/mol. The fraction of sp³-hybridized carbons (Fsp3) is 0.241. The minimum atomic E-state index is -0.228. The van der Waals surface area contributed by atoms with Gasteiger partial charge in [0, 0.05) is 11.3 Å². The molecule has 4 aromatic rings. The predicted octanol–water partition coefficient (Wildman–Crippen LogP) is 5.79. The molecule has 0 aliphatic carbocycles. The van der Waals surface area contributed by atoms with Gasteiger partial charge in [0.2, 0.25) is 0 Å². The number of carbonyl (C=O) groups excluding carboxylic acids is 1. The molecule has 7 nitrogen and oxygen atoms in total. The van der Waals surface area contributed by atoms with Gasteiger partial charge >= 0.3 is 0 Å². The van der Waals surface area contributed by atoms with Gasteiger partial charge in [-0.1, -0.05) is 86.6 Å². The lowest BCUT2D eigenvalue weighted by molar-refractivity contribution is -0.118. The van der Waals surface area contributed by atoms with E-state index in [0.717, 1.165) is 22.6 Å². The van der Waals surface area contributed by atoms with Crippen LogP contribution in [0.25, 0.3) is 17.1 Å². The maximum Gasteiger partial charge on any atom is 0.250 e. The third kappa shape index (κ3) is 6.65. The number of aryl methyl sites for hydroxylation is 1. The van der Waals surface area contributed by atoms with Gasteiger partial charge in [-0.2, -0.15) is 5.10 Å². The predicted molar refractivity (Wildman–Crippen MR) is 150 cm³/mol. The average molecular weight is 514 g/mol. The lowest BCUT2D eigenvalue weighted by Gasteiger charge is -2.19. The van der Waals surface area contributed by atoms with Gasteiger partial charge in [0.15, 0.2) is 11.0 Å². The second-order valence-corrected chi connectivity index (χ2v) is 10.6. The number of benzene rings is 3. The number of aromatic nitrogens is 3. The van der Waals surface area contributed by atoms with Crippen LogP contribution in [0.1, 0.15) is 37.5 Å². The summed E-state index contributed by atoms with van der Waals surface area (Å²) in [4.78, 5) is 12.5. The lowest BCUT2D eigenvalue weighted by Crippen LogP contribution is -2.20. The molecule has 0 aliphatic heterocycles. The summed E-state index contributed by atoms with van der Waals surface area (Å²) in [7, 11) is 1.64. The Bertz CT molecular complexity index is 1370. The van der Waals surface area contributed by atoms with Crippen molar-refractivity contribution in [2.24, 2.45) is 5.10 Å². The molecule has 0 fully saturated rings. The van der Waals surface area contributed by atoms with Crippen molar-refractivity contribution in [3.8, 4) is 22.8 Å². The van der Waals surface area contributed by atoms with E-state index in [9.17, 15) is 4.79 Å². The molecule has 190 valence electrons. The van der Waals surface area contributed by atoms with Crippen LogP contribution in [0.3, 0.4) is 0 Å². The van der Waals surface area contributed by atoms with Gasteiger partial charge in [-0.05, 0) is 47.7 Å². The van der Waals surface area contributed by atoms with Gasteiger partial charge in [-0.25, -0.2) is 5.43 Å². The number of hydrogen-bond donors (Lipinski definition) is 1. The summed E-state index contributed by atoms with van der Waals surface area (Å²) in [6, 6.07) is 23.9. The fourth-order valence-corrected chi connectivity index (χ4v) is 4.37. The summed E-state index contributed by atoms with van der Waals surface area (Å²) in [6.45, 7) is 8.59. The molecule has 1 N–H and O–H groups in total. The highest BCUT2D eigenvalue weighted by molar-refractivity contribution is 7.99. The molecule has 8 heteroatoms. The van der Waals surface area contributed by atoms with E-state index in [1.807, 2.05) is 60.0 Å². The normalized spacial score (nSPS) is 11.6. The quantitative estimate of drug-likeness (QED) is 0.183. The molecule has 0 bridgehead atoms. The molecule has 0 saturated heterocycles. The first-order valence-electron chi connectivity index (χ1n) is 12.0. The molecule has 0 atom stereocenters. The van der Waals surface area contributed by atoms with Crippen LogP contribution in [0.5, 0.6) is 5.75 Å². The Kier molecular flexibility index (Phi) is 8.08.